The van der Waals surface area contributed by atoms with Gasteiger partial charge in [0.2, 0.25) is 5.91 Å². The second-order valence-corrected chi connectivity index (χ2v) is 15.3. The molecule has 342 valence electrons. The van der Waals surface area contributed by atoms with Gasteiger partial charge in [0, 0.05) is 18.1 Å². The lowest BCUT2D eigenvalue weighted by Crippen LogP contribution is -2.52. The third-order valence-electron chi connectivity index (χ3n) is 10.5. The average molecular weight is 886 g/mol. The van der Waals surface area contributed by atoms with Crippen LogP contribution in [0.3, 0.4) is 0 Å². The topological polar surface area (TPSA) is 153 Å². The second kappa shape index (κ2) is 26.4. The van der Waals surface area contributed by atoms with Gasteiger partial charge in [0.05, 0.1) is 43.8 Å². The van der Waals surface area contributed by atoms with E-state index in [4.69, 9.17) is 28.4 Å². The number of carbonyl (C=O) groups is 5. The van der Waals surface area contributed by atoms with Gasteiger partial charge in [-0.25, -0.2) is 19.2 Å². The molecule has 0 fully saturated rings. The Morgan fingerprint density at radius 3 is 1.54 bits per heavy atom. The monoisotopic (exact) mass is 885 g/mol. The number of fused-ring (bicyclic) bond motifs is 2. The number of ether oxygens (including phenoxy) is 6. The summed E-state index contributed by atoms with van der Waals surface area (Å²) in [5, 5.41) is 6.26. The fourth-order valence-corrected chi connectivity index (χ4v) is 6.61. The maximum Gasteiger partial charge on any atom is 0.343 e. The SMILES string of the molecule is C=C/C=C(/OC(=O)c1ccc2cc(OCCCCCCOC(=O)C=C)ccc2c1)C(C)(NC(=O)C=C)C(C)/C=C/OC(=O)c1ccc2cc(OCCCCCCOC(=O)C=C)ccc2c1. The average Bonchev–Trinajstić information content (AvgIpc) is 3.31. The first-order valence-corrected chi connectivity index (χ1v) is 21.7. The van der Waals surface area contributed by atoms with E-state index in [0.717, 1.165) is 91.1 Å². The third kappa shape index (κ3) is 16.1. The minimum Gasteiger partial charge on any atom is -0.494 e. The Kier molecular flexibility index (Phi) is 20.5. The van der Waals surface area contributed by atoms with Crippen LogP contribution in [0, 0.1) is 5.92 Å². The highest BCUT2D eigenvalue weighted by Gasteiger charge is 2.38. The molecule has 65 heavy (non-hydrogen) atoms. The highest BCUT2D eigenvalue weighted by molar-refractivity contribution is 5.97. The maximum atomic E-state index is 13.7. The lowest BCUT2D eigenvalue weighted by Gasteiger charge is -2.36. The molecule has 12 nitrogen and oxygen atoms in total. The highest BCUT2D eigenvalue weighted by Crippen LogP contribution is 2.31. The number of amides is 1. The summed E-state index contributed by atoms with van der Waals surface area (Å²) >= 11 is 0. The van der Waals surface area contributed by atoms with E-state index in [1.165, 1.54) is 18.4 Å². The Morgan fingerprint density at radius 1 is 0.600 bits per heavy atom. The molecule has 0 aliphatic carbocycles. The summed E-state index contributed by atoms with van der Waals surface area (Å²) in [6, 6.07) is 21.6. The van der Waals surface area contributed by atoms with E-state index in [9.17, 15) is 24.0 Å². The first kappa shape index (κ1) is 50.4. The van der Waals surface area contributed by atoms with E-state index < -0.39 is 41.2 Å². The lowest BCUT2D eigenvalue weighted by atomic mass is 9.84. The van der Waals surface area contributed by atoms with Crippen molar-refractivity contribution >= 4 is 51.3 Å². The Balaban J connectivity index is 1.33. The van der Waals surface area contributed by atoms with Crippen LogP contribution in [0.1, 0.15) is 85.9 Å². The number of rotatable bonds is 28. The van der Waals surface area contributed by atoms with Gasteiger partial charge in [-0.3, -0.25) is 4.79 Å². The first-order chi connectivity index (χ1) is 31.4. The molecule has 0 saturated carbocycles. The van der Waals surface area contributed by atoms with Crippen LogP contribution in [0.25, 0.3) is 21.5 Å². The van der Waals surface area contributed by atoms with Crippen LogP contribution in [-0.2, 0) is 33.3 Å². The molecule has 0 aliphatic heterocycles. The zero-order valence-electron chi connectivity index (χ0n) is 37.4. The summed E-state index contributed by atoms with van der Waals surface area (Å²) < 4.78 is 33.4. The van der Waals surface area contributed by atoms with Crippen molar-refractivity contribution in [3.05, 3.63) is 159 Å². The summed E-state index contributed by atoms with van der Waals surface area (Å²) in [5.41, 5.74) is -0.717. The van der Waals surface area contributed by atoms with Crippen LogP contribution in [-0.4, -0.2) is 61.8 Å². The van der Waals surface area contributed by atoms with Crippen molar-refractivity contribution in [3.8, 4) is 11.5 Å². The van der Waals surface area contributed by atoms with E-state index in [-0.39, 0.29) is 11.3 Å². The van der Waals surface area contributed by atoms with Crippen molar-refractivity contribution in [1.29, 1.82) is 0 Å². The molecule has 2 atom stereocenters. The van der Waals surface area contributed by atoms with Crippen LogP contribution in [0.4, 0.5) is 0 Å². The van der Waals surface area contributed by atoms with E-state index in [1.807, 2.05) is 48.5 Å². The number of esters is 4. The summed E-state index contributed by atoms with van der Waals surface area (Å²) in [5.74, 6) is -1.67. The summed E-state index contributed by atoms with van der Waals surface area (Å²) in [6.07, 6.45) is 16.2. The predicted octanol–water partition coefficient (Wildman–Crippen LogP) is 10.6. The van der Waals surface area contributed by atoms with Gasteiger partial charge in [-0.2, -0.15) is 0 Å². The molecule has 0 bridgehead atoms. The fraction of sp³-hybridized carbons (Fsp3) is 0.302. The van der Waals surface area contributed by atoms with E-state index in [2.05, 4.69) is 31.6 Å². The summed E-state index contributed by atoms with van der Waals surface area (Å²) in [4.78, 5) is 61.9. The van der Waals surface area contributed by atoms with Gasteiger partial charge in [0.1, 0.15) is 22.8 Å². The molecule has 4 aromatic rings. The second-order valence-electron chi connectivity index (χ2n) is 15.3. The fourth-order valence-electron chi connectivity index (χ4n) is 6.61. The van der Waals surface area contributed by atoms with Crippen LogP contribution < -0.4 is 14.8 Å². The molecule has 0 radical (unpaired) electrons. The van der Waals surface area contributed by atoms with Crippen molar-refractivity contribution in [2.75, 3.05) is 26.4 Å². The Bertz CT molecular complexity index is 2400. The minimum atomic E-state index is -1.33. The Hall–Kier alpha value is -7.21. The van der Waals surface area contributed by atoms with Gasteiger partial charge in [0.15, 0.2) is 0 Å². The van der Waals surface area contributed by atoms with Crippen LogP contribution in [0.5, 0.6) is 11.5 Å². The number of hydrogen-bond donors (Lipinski definition) is 1. The molecule has 0 aliphatic rings. The van der Waals surface area contributed by atoms with E-state index >= 15 is 0 Å². The molecule has 12 heteroatoms. The molecule has 0 spiro atoms. The molecule has 1 amide bonds. The number of carbonyl (C=O) groups excluding carboxylic acids is 5. The van der Waals surface area contributed by atoms with E-state index in [1.54, 1.807) is 44.2 Å². The van der Waals surface area contributed by atoms with Gasteiger partial charge >= 0.3 is 23.9 Å². The van der Waals surface area contributed by atoms with E-state index in [0.29, 0.717) is 43.5 Å². The highest BCUT2D eigenvalue weighted by atomic mass is 16.5. The number of hydrogen-bond acceptors (Lipinski definition) is 11. The Labute approximate surface area is 381 Å². The summed E-state index contributed by atoms with van der Waals surface area (Å²) in [6.45, 7) is 19.4. The predicted molar refractivity (Wildman–Crippen MR) is 252 cm³/mol. The zero-order valence-corrected chi connectivity index (χ0v) is 37.4. The van der Waals surface area contributed by atoms with Crippen LogP contribution in [0.2, 0.25) is 0 Å². The van der Waals surface area contributed by atoms with Gasteiger partial charge in [-0.1, -0.05) is 63.6 Å². The normalized spacial score (nSPS) is 12.6. The first-order valence-electron chi connectivity index (χ1n) is 21.7. The van der Waals surface area contributed by atoms with Crippen LogP contribution >= 0.6 is 0 Å². The van der Waals surface area contributed by atoms with Crippen molar-refractivity contribution < 1.29 is 52.4 Å². The molecule has 0 heterocycles. The zero-order chi connectivity index (χ0) is 47.0. The maximum absolute atomic E-state index is 13.7. The third-order valence-corrected chi connectivity index (χ3v) is 10.5. The number of allylic oxidation sites excluding steroid dienone is 2. The standard InChI is InChI=1S/C53H59NO11/c1-7-19-47(65-52(59)44-23-21-42-37-46(27-25-40(42)35-44)61-30-16-12-14-18-32-63-50(57)10-4)53(6,54-48(55)8-2)38(5)28-33-64-51(58)43-22-20-41-36-45(26-24-39(41)34-43)60-29-15-11-13-17-31-62-49(56)9-3/h7-10,19-28,33-38H,1-4,11-18,29-32H2,5-6H3,(H,54,55)/b33-28+,47-19+. The molecular formula is C53H59NO11. The largest absolute Gasteiger partial charge is 0.494 e. The molecule has 2 unspecified atom stereocenters. The number of benzene rings is 4. The minimum absolute atomic E-state index is 0.0967. The van der Waals surface area contributed by atoms with Gasteiger partial charge < -0.3 is 33.7 Å². The van der Waals surface area contributed by atoms with Gasteiger partial charge in [-0.15, -0.1) is 0 Å². The van der Waals surface area contributed by atoms with Crippen molar-refractivity contribution in [3.63, 3.8) is 0 Å². The summed E-state index contributed by atoms with van der Waals surface area (Å²) in [7, 11) is 0. The molecule has 4 rings (SSSR count). The molecule has 1 N–H and O–H groups in total. The number of unbranched alkanes of at least 4 members (excludes halogenated alkanes) is 6. The quantitative estimate of drug-likeness (QED) is 0.0145. The van der Waals surface area contributed by atoms with Crippen LogP contribution in [0.15, 0.2) is 148 Å². The number of nitrogens with one attached hydrogen (secondary N) is 1. The lowest BCUT2D eigenvalue weighted by molar-refractivity contribution is -0.138. The molecular weight excluding hydrogens is 827 g/mol. The van der Waals surface area contributed by atoms with Gasteiger partial charge in [0.25, 0.3) is 0 Å². The molecule has 0 aromatic heterocycles. The molecule has 0 saturated heterocycles. The van der Waals surface area contributed by atoms with Crippen molar-refractivity contribution in [2.45, 2.75) is 70.8 Å². The van der Waals surface area contributed by atoms with Gasteiger partial charge in [-0.05, 0) is 147 Å². The smallest absolute Gasteiger partial charge is 0.343 e. The Morgan fingerprint density at radius 2 is 1.06 bits per heavy atom. The molecule has 4 aromatic carbocycles. The van der Waals surface area contributed by atoms with Crippen molar-refractivity contribution in [1.82, 2.24) is 5.32 Å². The van der Waals surface area contributed by atoms with Crippen molar-refractivity contribution in [2.24, 2.45) is 5.92 Å².